The van der Waals surface area contributed by atoms with Gasteiger partial charge in [0.2, 0.25) is 11.8 Å². The van der Waals surface area contributed by atoms with Crippen molar-refractivity contribution in [1.29, 1.82) is 0 Å². The minimum Gasteiger partial charge on any atom is -0.481 e. The lowest BCUT2D eigenvalue weighted by molar-refractivity contribution is -0.143. The maximum Gasteiger partial charge on any atom is 0.326 e. The van der Waals surface area contributed by atoms with Crippen molar-refractivity contribution in [2.75, 3.05) is 0 Å². The molecule has 0 aromatic rings. The number of amides is 2. The molecule has 0 saturated carbocycles. The third kappa shape index (κ3) is 20.2. The second-order valence-electron chi connectivity index (χ2n) is 8.60. The van der Waals surface area contributed by atoms with Crippen LogP contribution in [-0.2, 0) is 19.2 Å². The van der Waals surface area contributed by atoms with Gasteiger partial charge in [-0.1, -0.05) is 68.4 Å². The number of hydrogen-bond acceptors (Lipinski definition) is 4. The van der Waals surface area contributed by atoms with E-state index in [1.165, 1.54) is 32.6 Å². The van der Waals surface area contributed by atoms with E-state index in [1.54, 1.807) is 0 Å². The number of nitrogens with one attached hydrogen (secondary N) is 2. The van der Waals surface area contributed by atoms with E-state index in [-0.39, 0.29) is 25.2 Å². The molecule has 0 bridgehead atoms. The average molecular weight is 505 g/mol. The van der Waals surface area contributed by atoms with Gasteiger partial charge in [0.1, 0.15) is 12.1 Å². The average Bonchev–Trinajstić information content (AvgIpc) is 2.83. The SMILES string of the molecule is CCCCCC=CCC=CCC=CCC=CCCCC(=O)N[C@@H](C)C(=O)N[C@H](CCC(=O)O)C(=O)O. The fourth-order valence-electron chi connectivity index (χ4n) is 3.14. The maximum absolute atomic E-state index is 12.1. The highest BCUT2D eigenvalue weighted by Crippen LogP contribution is 2.03. The summed E-state index contributed by atoms with van der Waals surface area (Å²) in [5.41, 5.74) is 0. The van der Waals surface area contributed by atoms with Gasteiger partial charge in [-0.25, -0.2) is 4.79 Å². The normalized spacial score (nSPS) is 13.5. The summed E-state index contributed by atoms with van der Waals surface area (Å²) in [6.45, 7) is 3.67. The molecule has 0 saturated heterocycles. The molecule has 0 rings (SSSR count). The zero-order valence-corrected chi connectivity index (χ0v) is 21.8. The van der Waals surface area contributed by atoms with E-state index < -0.39 is 29.9 Å². The number of unbranched alkanes of at least 4 members (excludes halogenated alkanes) is 4. The fourth-order valence-corrected chi connectivity index (χ4v) is 3.14. The third-order valence-corrected chi connectivity index (χ3v) is 5.26. The van der Waals surface area contributed by atoms with Gasteiger partial charge in [0.05, 0.1) is 0 Å². The first-order chi connectivity index (χ1) is 17.3. The molecule has 0 aromatic heterocycles. The standard InChI is InChI=1S/C28H44N2O6/c1-3-4-5-6-7-8-9-10-11-12-13-14-15-16-17-18-19-20-25(31)29-23(2)27(34)30-24(28(35)36)21-22-26(32)33/h7-8,10-11,13-14,16-17,23-24H,3-6,9,12,15,18-22H2,1-2H3,(H,29,31)(H,30,34)(H,32,33)(H,35,36)/t23-,24+/m0/s1. The Kier molecular flexibility index (Phi) is 20.4. The van der Waals surface area contributed by atoms with Crippen molar-refractivity contribution in [2.24, 2.45) is 0 Å². The number of carbonyl (C=O) groups is 4. The predicted octanol–water partition coefficient (Wildman–Crippen LogP) is 5.07. The van der Waals surface area contributed by atoms with Crippen LogP contribution in [0.5, 0.6) is 0 Å². The Hall–Kier alpha value is -3.16. The lowest BCUT2D eigenvalue weighted by atomic mass is 10.1. The first-order valence-electron chi connectivity index (χ1n) is 12.9. The number of carboxylic acid groups (broad SMARTS) is 2. The van der Waals surface area contributed by atoms with E-state index in [0.717, 1.165) is 25.7 Å². The van der Waals surface area contributed by atoms with Crippen molar-refractivity contribution in [3.63, 3.8) is 0 Å². The fraction of sp³-hybridized carbons (Fsp3) is 0.571. The largest absolute Gasteiger partial charge is 0.481 e. The van der Waals surface area contributed by atoms with Crippen molar-refractivity contribution in [3.05, 3.63) is 48.6 Å². The molecular weight excluding hydrogens is 460 g/mol. The summed E-state index contributed by atoms with van der Waals surface area (Å²) in [7, 11) is 0. The molecule has 2 atom stereocenters. The highest BCUT2D eigenvalue weighted by Gasteiger charge is 2.24. The molecule has 0 spiro atoms. The Bertz CT molecular complexity index is 770. The molecule has 0 aliphatic carbocycles. The second kappa shape index (κ2) is 22.3. The van der Waals surface area contributed by atoms with Crippen LogP contribution in [0.3, 0.4) is 0 Å². The molecule has 8 nitrogen and oxygen atoms in total. The predicted molar refractivity (Wildman–Crippen MR) is 142 cm³/mol. The van der Waals surface area contributed by atoms with Gasteiger partial charge in [0.25, 0.3) is 0 Å². The van der Waals surface area contributed by atoms with E-state index in [4.69, 9.17) is 10.2 Å². The molecule has 2 amide bonds. The number of hydrogen-bond donors (Lipinski definition) is 4. The van der Waals surface area contributed by atoms with Gasteiger partial charge in [-0.3, -0.25) is 14.4 Å². The quantitative estimate of drug-likeness (QED) is 0.127. The van der Waals surface area contributed by atoms with Gasteiger partial charge < -0.3 is 20.8 Å². The Morgan fingerprint density at radius 2 is 1.25 bits per heavy atom. The smallest absolute Gasteiger partial charge is 0.326 e. The lowest BCUT2D eigenvalue weighted by Gasteiger charge is -2.18. The number of aliphatic carboxylic acids is 2. The Morgan fingerprint density at radius 3 is 1.75 bits per heavy atom. The summed E-state index contributed by atoms with van der Waals surface area (Å²) >= 11 is 0. The van der Waals surface area contributed by atoms with Crippen LogP contribution in [0.4, 0.5) is 0 Å². The van der Waals surface area contributed by atoms with Crippen LogP contribution >= 0.6 is 0 Å². The molecule has 4 N–H and O–H groups in total. The van der Waals surface area contributed by atoms with Crippen molar-refractivity contribution < 1.29 is 29.4 Å². The van der Waals surface area contributed by atoms with Gasteiger partial charge in [0.15, 0.2) is 0 Å². The number of allylic oxidation sites excluding steroid dienone is 8. The van der Waals surface area contributed by atoms with Crippen LogP contribution in [-0.4, -0.2) is 46.0 Å². The summed E-state index contributed by atoms with van der Waals surface area (Å²) in [5.74, 6) is -3.43. The molecule has 0 aromatic carbocycles. The van der Waals surface area contributed by atoms with Gasteiger partial charge in [-0.2, -0.15) is 0 Å². The molecule has 0 fully saturated rings. The van der Waals surface area contributed by atoms with Crippen LogP contribution in [0.1, 0.15) is 90.9 Å². The van der Waals surface area contributed by atoms with Gasteiger partial charge in [-0.05, 0) is 58.3 Å². The molecule has 0 unspecified atom stereocenters. The number of rotatable bonds is 21. The topological polar surface area (TPSA) is 133 Å². The summed E-state index contributed by atoms with van der Waals surface area (Å²) in [6, 6.07) is -2.23. The van der Waals surface area contributed by atoms with Gasteiger partial charge in [-0.15, -0.1) is 0 Å². The molecule has 202 valence electrons. The van der Waals surface area contributed by atoms with Crippen molar-refractivity contribution in [1.82, 2.24) is 10.6 Å². The first-order valence-corrected chi connectivity index (χ1v) is 12.9. The minimum atomic E-state index is -1.32. The van der Waals surface area contributed by atoms with E-state index in [9.17, 15) is 19.2 Å². The monoisotopic (exact) mass is 504 g/mol. The van der Waals surface area contributed by atoms with Gasteiger partial charge in [0, 0.05) is 12.8 Å². The molecule has 0 heterocycles. The molecule has 36 heavy (non-hydrogen) atoms. The minimum absolute atomic E-state index is 0.230. The zero-order valence-electron chi connectivity index (χ0n) is 21.8. The van der Waals surface area contributed by atoms with E-state index in [2.05, 4.69) is 60.1 Å². The Labute approximate surface area is 215 Å². The number of carbonyl (C=O) groups excluding carboxylic acids is 2. The van der Waals surface area contributed by atoms with Crippen LogP contribution in [0.2, 0.25) is 0 Å². The summed E-state index contributed by atoms with van der Waals surface area (Å²) in [5, 5.41) is 22.6. The summed E-state index contributed by atoms with van der Waals surface area (Å²) in [4.78, 5) is 45.9. The van der Waals surface area contributed by atoms with E-state index in [0.29, 0.717) is 6.42 Å². The lowest BCUT2D eigenvalue weighted by Crippen LogP contribution is -2.50. The van der Waals surface area contributed by atoms with Crippen LogP contribution < -0.4 is 10.6 Å². The first kappa shape index (κ1) is 32.8. The summed E-state index contributed by atoms with van der Waals surface area (Å²) in [6.07, 6.45) is 25.8. The molecular formula is C28H44N2O6. The van der Waals surface area contributed by atoms with Crippen molar-refractivity contribution >= 4 is 23.8 Å². The molecule has 0 aliphatic rings. The van der Waals surface area contributed by atoms with E-state index >= 15 is 0 Å². The highest BCUT2D eigenvalue weighted by molar-refractivity contribution is 5.90. The maximum atomic E-state index is 12.1. The van der Waals surface area contributed by atoms with Crippen molar-refractivity contribution in [3.8, 4) is 0 Å². The highest BCUT2D eigenvalue weighted by atomic mass is 16.4. The van der Waals surface area contributed by atoms with Gasteiger partial charge >= 0.3 is 11.9 Å². The van der Waals surface area contributed by atoms with E-state index in [1.807, 2.05) is 6.08 Å². The van der Waals surface area contributed by atoms with Crippen LogP contribution in [0, 0.1) is 0 Å². The van der Waals surface area contributed by atoms with Crippen molar-refractivity contribution in [2.45, 2.75) is 103 Å². The molecule has 0 radical (unpaired) electrons. The molecule has 0 aliphatic heterocycles. The Balaban J connectivity index is 3.95. The van der Waals surface area contributed by atoms with Crippen LogP contribution in [0.15, 0.2) is 48.6 Å². The third-order valence-electron chi connectivity index (χ3n) is 5.26. The number of carboxylic acids is 2. The van der Waals surface area contributed by atoms with Crippen LogP contribution in [0.25, 0.3) is 0 Å². The zero-order chi connectivity index (χ0) is 27.0. The summed E-state index contributed by atoms with van der Waals surface area (Å²) < 4.78 is 0. The second-order valence-corrected chi connectivity index (χ2v) is 8.60. The molecule has 8 heteroatoms. The Morgan fingerprint density at radius 1 is 0.722 bits per heavy atom.